The smallest absolute Gasteiger partial charge is 0.330 e. The fourth-order valence-corrected chi connectivity index (χ4v) is 6.80. The molecule has 0 aromatic carbocycles. The van der Waals surface area contributed by atoms with E-state index in [-0.39, 0.29) is 30.6 Å². The number of methoxy groups -OCH3 is 2. The van der Waals surface area contributed by atoms with Gasteiger partial charge in [-0.05, 0) is 46.1 Å². The van der Waals surface area contributed by atoms with Gasteiger partial charge in [0.25, 0.3) is 0 Å². The second kappa shape index (κ2) is 18.5. The molecule has 0 amide bonds. The van der Waals surface area contributed by atoms with E-state index in [0.29, 0.717) is 6.42 Å². The molecule has 13 heteroatoms. The molecule has 3 heterocycles. The van der Waals surface area contributed by atoms with Gasteiger partial charge in [-0.15, -0.1) is 0 Å². The van der Waals surface area contributed by atoms with Gasteiger partial charge in [-0.3, -0.25) is 4.79 Å². The lowest BCUT2D eigenvalue weighted by Crippen LogP contribution is -2.63. The van der Waals surface area contributed by atoms with Crippen molar-refractivity contribution in [1.29, 1.82) is 0 Å². The Morgan fingerprint density at radius 1 is 0.898 bits per heavy atom. The lowest BCUT2D eigenvalue weighted by Gasteiger charge is -2.47. The topological polar surface area (TPSA) is 180 Å². The van der Waals surface area contributed by atoms with E-state index in [1.807, 2.05) is 20.8 Å². The van der Waals surface area contributed by atoms with E-state index in [1.54, 1.807) is 45.1 Å². The minimum absolute atomic E-state index is 0.0142. The van der Waals surface area contributed by atoms with Crippen LogP contribution < -0.4 is 0 Å². The molecule has 3 aliphatic rings. The average molecular weight is 699 g/mol. The van der Waals surface area contributed by atoms with Crippen LogP contribution in [-0.4, -0.2) is 126 Å². The van der Waals surface area contributed by atoms with Gasteiger partial charge in [0.1, 0.15) is 36.1 Å². The van der Waals surface area contributed by atoms with Crippen LogP contribution in [0.3, 0.4) is 0 Å². The maximum Gasteiger partial charge on any atom is 0.330 e. The lowest BCUT2D eigenvalue weighted by atomic mass is 9.82. The van der Waals surface area contributed by atoms with E-state index in [2.05, 4.69) is 0 Å². The number of esters is 1. The van der Waals surface area contributed by atoms with Crippen LogP contribution in [0.4, 0.5) is 0 Å². The molecule has 0 aromatic heterocycles. The second-order valence-corrected chi connectivity index (χ2v) is 14.0. The van der Waals surface area contributed by atoms with E-state index >= 15 is 0 Å². The Hall–Kier alpha value is -2.04. The number of ketones is 1. The lowest BCUT2D eigenvalue weighted by molar-refractivity contribution is -0.322. The van der Waals surface area contributed by atoms with Crippen molar-refractivity contribution in [3.05, 3.63) is 36.5 Å². The normalized spacial score (nSPS) is 45.7. The van der Waals surface area contributed by atoms with E-state index in [0.717, 1.165) is 0 Å². The van der Waals surface area contributed by atoms with Crippen molar-refractivity contribution >= 4 is 11.8 Å². The first-order valence-electron chi connectivity index (χ1n) is 17.2. The quantitative estimate of drug-likeness (QED) is 0.272. The van der Waals surface area contributed by atoms with Crippen molar-refractivity contribution in [3.8, 4) is 0 Å². The molecule has 2 saturated heterocycles. The highest BCUT2D eigenvalue weighted by Crippen LogP contribution is 2.36. The van der Waals surface area contributed by atoms with Gasteiger partial charge >= 0.3 is 5.97 Å². The third-order valence-corrected chi connectivity index (χ3v) is 9.98. The van der Waals surface area contributed by atoms with Crippen LogP contribution in [0.25, 0.3) is 0 Å². The molecule has 280 valence electrons. The van der Waals surface area contributed by atoms with Gasteiger partial charge < -0.3 is 53.6 Å². The Morgan fingerprint density at radius 2 is 1.57 bits per heavy atom. The number of rotatable bonds is 8. The number of aliphatic hydroxyl groups excluding tert-OH is 3. The number of ether oxygens (including phenoxy) is 7. The first kappa shape index (κ1) is 41.4. The molecule has 49 heavy (non-hydrogen) atoms. The Labute approximate surface area is 290 Å². The van der Waals surface area contributed by atoms with Crippen LogP contribution in [0.1, 0.15) is 61.3 Å². The predicted octanol–water partition coefficient (Wildman–Crippen LogP) is 2.23. The maximum atomic E-state index is 13.1. The summed E-state index contributed by atoms with van der Waals surface area (Å²) in [5.74, 6) is -2.21. The molecule has 4 N–H and O–H groups in total. The largest absolute Gasteiger partial charge is 0.459 e. The Balaban J connectivity index is 1.83. The number of hydrogen-bond acceptors (Lipinski definition) is 13. The van der Waals surface area contributed by atoms with Gasteiger partial charge in [0, 0.05) is 44.5 Å². The van der Waals surface area contributed by atoms with E-state index in [4.69, 9.17) is 33.2 Å². The maximum absolute atomic E-state index is 13.1. The monoisotopic (exact) mass is 698 g/mol. The van der Waals surface area contributed by atoms with Gasteiger partial charge in [0.05, 0.1) is 31.0 Å². The van der Waals surface area contributed by atoms with Gasteiger partial charge in [-0.2, -0.15) is 0 Å². The molecular weight excluding hydrogens is 640 g/mol. The molecule has 2 fully saturated rings. The molecule has 0 spiro atoms. The molecule has 0 unspecified atom stereocenters. The molecule has 0 bridgehead atoms. The summed E-state index contributed by atoms with van der Waals surface area (Å²) in [4.78, 5) is 26.2. The molecule has 0 aliphatic carbocycles. The summed E-state index contributed by atoms with van der Waals surface area (Å²) in [5, 5.41) is 42.9. The summed E-state index contributed by atoms with van der Waals surface area (Å²) in [5.41, 5.74) is -1.84. The summed E-state index contributed by atoms with van der Waals surface area (Å²) in [7, 11) is 2.95. The summed E-state index contributed by atoms with van der Waals surface area (Å²) in [6, 6.07) is 0. The van der Waals surface area contributed by atoms with E-state index in [1.165, 1.54) is 33.3 Å². The zero-order valence-electron chi connectivity index (χ0n) is 30.2. The zero-order chi connectivity index (χ0) is 36.6. The zero-order valence-corrected chi connectivity index (χ0v) is 30.2. The predicted molar refractivity (Wildman–Crippen MR) is 178 cm³/mol. The third kappa shape index (κ3) is 10.5. The van der Waals surface area contributed by atoms with Gasteiger partial charge in [0.15, 0.2) is 18.4 Å². The summed E-state index contributed by atoms with van der Waals surface area (Å²) in [6.07, 6.45) is 0.362. The van der Waals surface area contributed by atoms with E-state index < -0.39 is 90.9 Å². The van der Waals surface area contributed by atoms with Gasteiger partial charge in [-0.1, -0.05) is 45.1 Å². The number of carbonyl (C=O) groups is 2. The molecule has 3 rings (SSSR count). The SMILES string of the molecule is CO[C@@H]1[C@H](O)[C@@H](C)O[C@@H](OC[C@H]2/C=C/C=C/C(=O)[C@H](C)C[C@H](C)[C@H](O[C@@H]3O[C@H](C)C[C@](O)([C@H](C)O)[C@H]3O)[C@@H](C)/C=C/C(=O)O[C@@H]2C)[C@@H]1OC. The third-order valence-electron chi connectivity index (χ3n) is 9.98. The second-order valence-electron chi connectivity index (χ2n) is 14.0. The van der Waals surface area contributed by atoms with Crippen molar-refractivity contribution < 1.29 is 63.2 Å². The number of hydrogen-bond donors (Lipinski definition) is 4. The van der Waals surface area contributed by atoms with Crippen LogP contribution in [-0.2, 0) is 42.7 Å². The van der Waals surface area contributed by atoms with Crippen LogP contribution in [0, 0.1) is 23.7 Å². The van der Waals surface area contributed by atoms with E-state index in [9.17, 15) is 30.0 Å². The molecule has 16 atom stereocenters. The Kier molecular flexibility index (Phi) is 15.6. The van der Waals surface area contributed by atoms with Crippen molar-refractivity contribution in [2.45, 2.75) is 134 Å². The highest BCUT2D eigenvalue weighted by atomic mass is 16.7. The Morgan fingerprint density at radius 3 is 2.20 bits per heavy atom. The van der Waals surface area contributed by atoms with Crippen molar-refractivity contribution in [2.75, 3.05) is 20.8 Å². The number of aliphatic hydroxyl groups is 4. The average Bonchev–Trinajstić information content (AvgIpc) is 3.04. The molecule has 0 aromatic rings. The minimum atomic E-state index is -1.84. The van der Waals surface area contributed by atoms with Crippen molar-refractivity contribution in [2.24, 2.45) is 23.7 Å². The first-order valence-corrected chi connectivity index (χ1v) is 17.2. The van der Waals surface area contributed by atoms with Crippen molar-refractivity contribution in [1.82, 2.24) is 0 Å². The van der Waals surface area contributed by atoms with Crippen LogP contribution in [0.15, 0.2) is 36.5 Å². The molecule has 13 nitrogen and oxygen atoms in total. The van der Waals surface area contributed by atoms with Crippen LogP contribution >= 0.6 is 0 Å². The number of carbonyl (C=O) groups excluding carboxylic acids is 2. The fraction of sp³-hybridized carbons (Fsp3) is 0.778. The van der Waals surface area contributed by atoms with Crippen molar-refractivity contribution in [3.63, 3.8) is 0 Å². The molecule has 3 aliphatic heterocycles. The van der Waals surface area contributed by atoms with Gasteiger partial charge in [-0.25, -0.2) is 4.79 Å². The van der Waals surface area contributed by atoms with Crippen LogP contribution in [0.2, 0.25) is 0 Å². The number of allylic oxidation sites excluding steroid dienone is 3. The summed E-state index contributed by atoms with van der Waals surface area (Å²) in [6.45, 7) is 12.2. The standard InChI is InChI=1S/C36H58O13/c1-19-14-15-28(39)47-23(5)26(18-45-34-32(44-9)31(43-8)29(40)24(6)48-34)12-10-11-13-27(38)20(2)16-21(3)30(19)49-35-33(41)36(42,25(7)37)17-22(4)46-35/h10-15,19-26,29-35,37,40-42H,16-18H2,1-9H3/b12-10+,13-11+,15-14+/t19-,20+,21-,22+,23+,24+,25-,26+,29+,30+,31+,32+,33-,34+,35-,36-/m0/s1. The molecule has 0 saturated carbocycles. The highest BCUT2D eigenvalue weighted by molar-refractivity contribution is 5.91. The highest BCUT2D eigenvalue weighted by Gasteiger charge is 2.52. The molecule has 0 radical (unpaired) electrons. The minimum Gasteiger partial charge on any atom is -0.459 e. The van der Waals surface area contributed by atoms with Crippen LogP contribution in [0.5, 0.6) is 0 Å². The summed E-state index contributed by atoms with van der Waals surface area (Å²) >= 11 is 0. The fourth-order valence-electron chi connectivity index (χ4n) is 6.80. The number of cyclic esters (lactones) is 1. The Bertz CT molecular complexity index is 1160. The first-order chi connectivity index (χ1) is 23.0. The summed E-state index contributed by atoms with van der Waals surface area (Å²) < 4.78 is 41.0. The van der Waals surface area contributed by atoms with Gasteiger partial charge in [0.2, 0.25) is 0 Å². The molecular formula is C36H58O13.